The molecule has 0 saturated carbocycles. The normalized spacial score (nSPS) is 10.8. The van der Waals surface area contributed by atoms with Crippen molar-refractivity contribution in [2.24, 2.45) is 0 Å². The Morgan fingerprint density at radius 2 is 2.00 bits per heavy atom. The van der Waals surface area contributed by atoms with Gasteiger partial charge in [0.25, 0.3) is 0 Å². The third kappa shape index (κ3) is 2.52. The molecule has 1 heterocycles. The van der Waals surface area contributed by atoms with Crippen LogP contribution in [0, 0.1) is 6.92 Å². The lowest BCUT2D eigenvalue weighted by Gasteiger charge is -2.01. The van der Waals surface area contributed by atoms with Gasteiger partial charge in [0.2, 0.25) is 0 Å². The van der Waals surface area contributed by atoms with Gasteiger partial charge < -0.3 is 4.74 Å². The summed E-state index contributed by atoms with van der Waals surface area (Å²) >= 11 is 0. The van der Waals surface area contributed by atoms with Gasteiger partial charge in [-0.05, 0) is 19.1 Å². The third-order valence-corrected chi connectivity index (χ3v) is 3.46. The topological polar surface area (TPSA) is 44.1 Å². The van der Waals surface area contributed by atoms with Crippen LogP contribution in [0.25, 0.3) is 22.2 Å². The first kappa shape index (κ1) is 13.4. The molecule has 0 spiro atoms. The van der Waals surface area contributed by atoms with Gasteiger partial charge in [-0.2, -0.15) is 5.10 Å². The van der Waals surface area contributed by atoms with Crippen molar-refractivity contribution in [1.29, 1.82) is 0 Å². The van der Waals surface area contributed by atoms with Gasteiger partial charge >= 0.3 is 5.97 Å². The molecule has 21 heavy (non-hydrogen) atoms. The summed E-state index contributed by atoms with van der Waals surface area (Å²) in [4.78, 5) is 11.5. The molecule has 3 aromatic rings. The average molecular weight is 280 g/mol. The van der Waals surface area contributed by atoms with Gasteiger partial charge in [0.1, 0.15) is 12.2 Å². The summed E-state index contributed by atoms with van der Waals surface area (Å²) in [7, 11) is 1.38. The number of aromatic nitrogens is 2. The number of fused-ring (bicyclic) bond motifs is 1. The lowest BCUT2D eigenvalue weighted by molar-refractivity contribution is -0.141. The monoisotopic (exact) mass is 280 g/mol. The zero-order valence-electron chi connectivity index (χ0n) is 12.0. The van der Waals surface area contributed by atoms with Crippen LogP contribution >= 0.6 is 0 Å². The summed E-state index contributed by atoms with van der Waals surface area (Å²) < 4.78 is 6.43. The molecule has 0 aliphatic heterocycles. The number of carbonyl (C=O) groups is 1. The number of para-hydroxylation sites is 1. The highest BCUT2D eigenvalue weighted by molar-refractivity contribution is 5.93. The molecule has 1 aromatic heterocycles. The van der Waals surface area contributed by atoms with Gasteiger partial charge in [-0.1, -0.05) is 42.0 Å². The van der Waals surface area contributed by atoms with E-state index in [0.717, 1.165) is 22.2 Å². The number of carbonyl (C=O) groups excluding carboxylic acids is 1. The third-order valence-electron chi connectivity index (χ3n) is 3.46. The zero-order valence-corrected chi connectivity index (χ0v) is 12.0. The van der Waals surface area contributed by atoms with Gasteiger partial charge in [-0.3, -0.25) is 9.48 Å². The van der Waals surface area contributed by atoms with Crippen molar-refractivity contribution in [2.45, 2.75) is 13.5 Å². The second kappa shape index (κ2) is 5.40. The first-order chi connectivity index (χ1) is 10.2. The van der Waals surface area contributed by atoms with Crippen LogP contribution in [0.4, 0.5) is 0 Å². The molecule has 0 fully saturated rings. The van der Waals surface area contributed by atoms with Crippen LogP contribution in [0.3, 0.4) is 0 Å². The molecule has 2 aromatic carbocycles. The summed E-state index contributed by atoms with van der Waals surface area (Å²) in [6, 6.07) is 16.1. The predicted molar refractivity (Wildman–Crippen MR) is 81.9 cm³/mol. The number of esters is 1. The van der Waals surface area contributed by atoms with Crippen LogP contribution in [0.1, 0.15) is 5.56 Å². The number of aryl methyl sites for hydroxylation is 1. The smallest absolute Gasteiger partial charge is 0.327 e. The molecule has 0 radical (unpaired) electrons. The van der Waals surface area contributed by atoms with E-state index in [1.807, 2.05) is 36.4 Å². The second-order valence-corrected chi connectivity index (χ2v) is 4.97. The molecular weight excluding hydrogens is 264 g/mol. The Morgan fingerprint density at radius 3 is 2.76 bits per heavy atom. The van der Waals surface area contributed by atoms with E-state index in [1.54, 1.807) is 4.68 Å². The van der Waals surface area contributed by atoms with Crippen LogP contribution < -0.4 is 0 Å². The van der Waals surface area contributed by atoms with E-state index in [0.29, 0.717) is 0 Å². The highest BCUT2D eigenvalue weighted by Gasteiger charge is 2.14. The van der Waals surface area contributed by atoms with Gasteiger partial charge in [0.05, 0.1) is 12.6 Å². The second-order valence-electron chi connectivity index (χ2n) is 4.97. The van der Waals surface area contributed by atoms with Crippen molar-refractivity contribution in [3.63, 3.8) is 0 Å². The number of hydrogen-bond acceptors (Lipinski definition) is 3. The molecular formula is C17H16N2O2. The van der Waals surface area contributed by atoms with E-state index >= 15 is 0 Å². The van der Waals surface area contributed by atoms with Gasteiger partial charge in [-0.15, -0.1) is 0 Å². The van der Waals surface area contributed by atoms with E-state index in [2.05, 4.69) is 24.2 Å². The van der Waals surface area contributed by atoms with Crippen molar-refractivity contribution in [3.8, 4) is 11.3 Å². The summed E-state index contributed by atoms with van der Waals surface area (Å²) in [5.41, 5.74) is 4.05. The highest BCUT2D eigenvalue weighted by Crippen LogP contribution is 2.28. The molecule has 0 amide bonds. The van der Waals surface area contributed by atoms with Crippen molar-refractivity contribution in [3.05, 3.63) is 54.1 Å². The number of ether oxygens (including phenoxy) is 1. The van der Waals surface area contributed by atoms with Crippen LogP contribution in [0.5, 0.6) is 0 Å². The van der Waals surface area contributed by atoms with Crippen molar-refractivity contribution >= 4 is 16.9 Å². The fourth-order valence-corrected chi connectivity index (χ4v) is 2.44. The van der Waals surface area contributed by atoms with Crippen molar-refractivity contribution in [2.75, 3.05) is 7.11 Å². The number of hydrogen-bond donors (Lipinski definition) is 0. The Morgan fingerprint density at radius 1 is 1.19 bits per heavy atom. The maximum Gasteiger partial charge on any atom is 0.327 e. The zero-order chi connectivity index (χ0) is 14.8. The largest absolute Gasteiger partial charge is 0.468 e. The van der Waals surface area contributed by atoms with Gasteiger partial charge in [0.15, 0.2) is 0 Å². The quantitative estimate of drug-likeness (QED) is 0.692. The predicted octanol–water partition coefficient (Wildman–Crippen LogP) is 3.18. The van der Waals surface area contributed by atoms with E-state index in [1.165, 1.54) is 12.7 Å². The molecule has 4 nitrogen and oxygen atoms in total. The Labute approximate surface area is 123 Å². The van der Waals surface area contributed by atoms with Gasteiger partial charge in [-0.25, -0.2) is 0 Å². The standard InChI is InChI=1S/C17H16N2O2/c1-12-6-5-7-13(10-12)17-14-8-3-4-9-15(14)19(18-17)11-16(20)21-2/h3-10H,11H2,1-2H3. The molecule has 0 aliphatic rings. The fourth-order valence-electron chi connectivity index (χ4n) is 2.44. The maximum absolute atomic E-state index is 11.5. The summed E-state index contributed by atoms with van der Waals surface area (Å²) in [5.74, 6) is -0.306. The Kier molecular flexibility index (Phi) is 3.44. The minimum absolute atomic E-state index is 0.114. The minimum Gasteiger partial charge on any atom is -0.468 e. The minimum atomic E-state index is -0.306. The summed E-state index contributed by atoms with van der Waals surface area (Å²) in [6.07, 6.45) is 0. The number of rotatable bonds is 3. The van der Waals surface area contributed by atoms with Crippen LogP contribution in [0.15, 0.2) is 48.5 Å². The molecule has 3 rings (SSSR count). The highest BCUT2D eigenvalue weighted by atomic mass is 16.5. The number of benzene rings is 2. The molecule has 0 N–H and O–H groups in total. The first-order valence-electron chi connectivity index (χ1n) is 6.78. The Hall–Kier alpha value is -2.62. The summed E-state index contributed by atoms with van der Waals surface area (Å²) in [6.45, 7) is 2.17. The van der Waals surface area contributed by atoms with Crippen LogP contribution in [0.2, 0.25) is 0 Å². The van der Waals surface area contributed by atoms with Crippen LogP contribution in [-0.4, -0.2) is 22.9 Å². The summed E-state index contributed by atoms with van der Waals surface area (Å²) in [5, 5.41) is 5.64. The molecule has 0 bridgehead atoms. The van der Waals surface area contributed by atoms with Crippen LogP contribution in [-0.2, 0) is 16.1 Å². The van der Waals surface area contributed by atoms with E-state index in [9.17, 15) is 4.79 Å². The Bertz CT molecular complexity index is 805. The first-order valence-corrected chi connectivity index (χ1v) is 6.78. The molecule has 106 valence electrons. The molecule has 0 unspecified atom stereocenters. The average Bonchev–Trinajstić information content (AvgIpc) is 2.86. The van der Waals surface area contributed by atoms with Gasteiger partial charge in [0, 0.05) is 10.9 Å². The molecule has 0 saturated heterocycles. The van der Waals surface area contributed by atoms with E-state index < -0.39 is 0 Å². The molecule has 0 aliphatic carbocycles. The Balaban J connectivity index is 2.17. The van der Waals surface area contributed by atoms with E-state index in [-0.39, 0.29) is 12.5 Å². The van der Waals surface area contributed by atoms with Crippen molar-refractivity contribution < 1.29 is 9.53 Å². The number of nitrogens with zero attached hydrogens (tertiary/aromatic N) is 2. The van der Waals surface area contributed by atoms with E-state index in [4.69, 9.17) is 4.74 Å². The number of methoxy groups -OCH3 is 1. The lowest BCUT2D eigenvalue weighted by Crippen LogP contribution is -2.12. The maximum atomic E-state index is 11.5. The SMILES string of the molecule is COC(=O)Cn1nc(-c2cccc(C)c2)c2ccccc21. The lowest BCUT2D eigenvalue weighted by atomic mass is 10.1. The molecule has 0 atom stereocenters. The fraction of sp³-hybridized carbons (Fsp3) is 0.176. The van der Waals surface area contributed by atoms with Crippen molar-refractivity contribution in [1.82, 2.24) is 9.78 Å². The molecule has 4 heteroatoms.